The third kappa shape index (κ3) is 4.81. The second-order valence-corrected chi connectivity index (χ2v) is 12.0. The summed E-state index contributed by atoms with van der Waals surface area (Å²) in [7, 11) is -3.33. The Morgan fingerprint density at radius 3 is 2.36 bits per heavy atom. The molecular weight excluding hydrogens is 519 g/mol. The maximum absolute atomic E-state index is 14.2. The van der Waals surface area contributed by atoms with Crippen LogP contribution in [0.2, 0.25) is 0 Å². The van der Waals surface area contributed by atoms with E-state index in [1.165, 1.54) is 13.0 Å². The predicted octanol–water partition coefficient (Wildman–Crippen LogP) is 5.32. The van der Waals surface area contributed by atoms with Crippen molar-refractivity contribution in [2.45, 2.75) is 68.1 Å². The first-order chi connectivity index (χ1) is 16.4. The average molecular weight is 541 g/mol. The number of hydrogen-bond donors (Lipinski definition) is 2. The summed E-state index contributed by atoms with van der Waals surface area (Å²) in [5.41, 5.74) is -7.24. The molecular formula is C21H22F7N5O2S. The van der Waals surface area contributed by atoms with Crippen molar-refractivity contribution in [3.05, 3.63) is 35.3 Å². The van der Waals surface area contributed by atoms with E-state index in [2.05, 4.69) is 15.4 Å². The van der Waals surface area contributed by atoms with E-state index < -0.39 is 81.3 Å². The summed E-state index contributed by atoms with van der Waals surface area (Å²) in [5, 5.41) is 5.73. The SMILES string of the molecule is CC1(Cn2nc(C3(C(F)F)CC3)c(C(F)(F)F)c2C(=O)Nc2ccnc(S(C)(=N)=O)c2)CC(F)(F)C1. The van der Waals surface area contributed by atoms with Gasteiger partial charge < -0.3 is 5.32 Å². The first kappa shape index (κ1) is 26.4. The van der Waals surface area contributed by atoms with Crippen LogP contribution in [0.1, 0.15) is 54.4 Å². The molecule has 2 heterocycles. The fraction of sp³-hybridized carbons (Fsp3) is 0.571. The second-order valence-electron chi connectivity index (χ2n) is 9.89. The van der Waals surface area contributed by atoms with Gasteiger partial charge in [0.2, 0.25) is 12.3 Å². The van der Waals surface area contributed by atoms with Crippen LogP contribution in [0.5, 0.6) is 0 Å². The van der Waals surface area contributed by atoms with Gasteiger partial charge in [-0.1, -0.05) is 6.92 Å². The summed E-state index contributed by atoms with van der Waals surface area (Å²) < 4.78 is 118. The standard InChI is InChI=1S/C21H22F7N5O2S/c1-18(8-20(24,25)9-18)10-33-14(16(34)31-11-3-6-30-12(7-11)36(2,29)35)13(21(26,27)28)15(32-33)19(4-5-19)17(22)23/h3,6-7,17,29H,4-5,8-10H2,1-2H3,(H,30,31,34). The van der Waals surface area contributed by atoms with Crippen LogP contribution in [0.15, 0.2) is 23.4 Å². The molecule has 2 fully saturated rings. The minimum absolute atomic E-state index is 0.148. The number of carbonyl (C=O) groups excluding carboxylic acids is 1. The molecule has 2 N–H and O–H groups in total. The van der Waals surface area contributed by atoms with Gasteiger partial charge in [-0.2, -0.15) is 18.3 Å². The molecule has 2 aromatic rings. The van der Waals surface area contributed by atoms with Crippen LogP contribution in [0.3, 0.4) is 0 Å². The molecule has 0 spiro atoms. The number of carbonyl (C=O) groups is 1. The Hall–Kier alpha value is -2.71. The van der Waals surface area contributed by atoms with E-state index in [1.807, 2.05) is 0 Å². The van der Waals surface area contributed by atoms with Crippen molar-refractivity contribution in [2.75, 3.05) is 11.6 Å². The van der Waals surface area contributed by atoms with Crippen molar-refractivity contribution in [3.8, 4) is 0 Å². The molecule has 2 aromatic heterocycles. The average Bonchev–Trinajstić information content (AvgIpc) is 3.41. The van der Waals surface area contributed by atoms with Gasteiger partial charge in [0.15, 0.2) is 0 Å². The molecule has 15 heteroatoms. The zero-order valence-corrected chi connectivity index (χ0v) is 19.9. The Balaban J connectivity index is 1.82. The Morgan fingerprint density at radius 2 is 1.89 bits per heavy atom. The van der Waals surface area contributed by atoms with Crippen LogP contribution < -0.4 is 5.32 Å². The molecule has 1 atom stereocenters. The van der Waals surface area contributed by atoms with Gasteiger partial charge in [0.25, 0.3) is 5.91 Å². The van der Waals surface area contributed by atoms with Crippen molar-refractivity contribution >= 4 is 21.3 Å². The van der Waals surface area contributed by atoms with Gasteiger partial charge in [-0.15, -0.1) is 0 Å². The minimum Gasteiger partial charge on any atom is -0.320 e. The molecule has 7 nitrogen and oxygen atoms in total. The number of hydrogen-bond acceptors (Lipinski definition) is 5. The lowest BCUT2D eigenvalue weighted by atomic mass is 9.67. The van der Waals surface area contributed by atoms with E-state index >= 15 is 0 Å². The monoisotopic (exact) mass is 541 g/mol. The largest absolute Gasteiger partial charge is 0.420 e. The van der Waals surface area contributed by atoms with Gasteiger partial charge in [0, 0.05) is 37.5 Å². The summed E-state index contributed by atoms with van der Waals surface area (Å²) in [6.45, 7) is 0.868. The highest BCUT2D eigenvalue weighted by atomic mass is 32.2. The molecule has 0 bridgehead atoms. The second kappa shape index (κ2) is 8.15. The van der Waals surface area contributed by atoms with Crippen LogP contribution in [0.4, 0.5) is 36.4 Å². The molecule has 2 saturated carbocycles. The van der Waals surface area contributed by atoms with Crippen LogP contribution in [0, 0.1) is 10.2 Å². The fourth-order valence-corrected chi connectivity index (χ4v) is 5.29. The molecule has 0 aromatic carbocycles. The number of rotatable bonds is 7. The van der Waals surface area contributed by atoms with E-state index in [0.29, 0.717) is 4.68 Å². The normalized spacial score (nSPS) is 21.5. The van der Waals surface area contributed by atoms with Gasteiger partial charge in [0.05, 0.1) is 20.8 Å². The lowest BCUT2D eigenvalue weighted by Crippen LogP contribution is -2.47. The molecule has 0 saturated heterocycles. The predicted molar refractivity (Wildman–Crippen MR) is 114 cm³/mol. The number of amides is 1. The van der Waals surface area contributed by atoms with Crippen molar-refractivity contribution in [1.29, 1.82) is 4.78 Å². The van der Waals surface area contributed by atoms with Gasteiger partial charge in [-0.25, -0.2) is 31.5 Å². The lowest BCUT2D eigenvalue weighted by molar-refractivity contribution is -0.160. The summed E-state index contributed by atoms with van der Waals surface area (Å²) in [6.07, 6.45) is -8.18. The summed E-state index contributed by atoms with van der Waals surface area (Å²) in [5.74, 6) is -4.40. The zero-order valence-electron chi connectivity index (χ0n) is 19.1. The Bertz CT molecular complexity index is 1310. The highest BCUT2D eigenvalue weighted by Gasteiger charge is 2.60. The highest BCUT2D eigenvalue weighted by molar-refractivity contribution is 7.91. The van der Waals surface area contributed by atoms with Crippen LogP contribution in [-0.4, -0.2) is 43.5 Å². The molecule has 0 aliphatic heterocycles. The number of anilines is 1. The number of nitrogens with zero attached hydrogens (tertiary/aromatic N) is 3. The van der Waals surface area contributed by atoms with Gasteiger partial charge >= 0.3 is 6.18 Å². The fourth-order valence-electron chi connectivity index (χ4n) is 4.68. The third-order valence-corrected chi connectivity index (χ3v) is 7.44. The Morgan fingerprint density at radius 1 is 1.28 bits per heavy atom. The number of pyridine rings is 1. The summed E-state index contributed by atoms with van der Waals surface area (Å²) in [6, 6.07) is 2.22. The summed E-state index contributed by atoms with van der Waals surface area (Å²) >= 11 is 0. The topological polar surface area (TPSA) is 101 Å². The summed E-state index contributed by atoms with van der Waals surface area (Å²) in [4.78, 5) is 16.9. The van der Waals surface area contributed by atoms with Crippen LogP contribution in [-0.2, 0) is 27.9 Å². The molecule has 198 valence electrons. The van der Waals surface area contributed by atoms with E-state index in [4.69, 9.17) is 4.78 Å². The molecule has 4 rings (SSSR count). The molecule has 2 aliphatic rings. The van der Waals surface area contributed by atoms with Gasteiger partial charge in [0.1, 0.15) is 16.3 Å². The van der Waals surface area contributed by atoms with Gasteiger partial charge in [-0.05, 0) is 30.4 Å². The molecule has 1 amide bonds. The Labute approximate surface area is 201 Å². The van der Waals surface area contributed by atoms with E-state index in [1.54, 1.807) is 0 Å². The molecule has 1 unspecified atom stereocenters. The zero-order chi connectivity index (χ0) is 26.9. The first-order valence-corrected chi connectivity index (χ1v) is 12.7. The minimum atomic E-state index is -5.25. The van der Waals surface area contributed by atoms with Gasteiger partial charge in [-0.3, -0.25) is 9.48 Å². The number of aromatic nitrogens is 3. The lowest BCUT2D eigenvalue weighted by Gasteiger charge is -2.44. The number of alkyl halides is 7. The number of halogens is 7. The highest BCUT2D eigenvalue weighted by Crippen LogP contribution is 2.57. The van der Waals surface area contributed by atoms with Crippen LogP contribution >= 0.6 is 0 Å². The smallest absolute Gasteiger partial charge is 0.320 e. The van der Waals surface area contributed by atoms with E-state index in [-0.39, 0.29) is 23.6 Å². The maximum atomic E-state index is 14.2. The van der Waals surface area contributed by atoms with Crippen molar-refractivity contribution in [3.63, 3.8) is 0 Å². The van der Waals surface area contributed by atoms with Crippen LogP contribution in [0.25, 0.3) is 0 Å². The van der Waals surface area contributed by atoms with Crippen molar-refractivity contribution < 1.29 is 39.7 Å². The van der Waals surface area contributed by atoms with Crippen molar-refractivity contribution in [1.82, 2.24) is 14.8 Å². The van der Waals surface area contributed by atoms with Crippen molar-refractivity contribution in [2.24, 2.45) is 5.41 Å². The third-order valence-electron chi connectivity index (χ3n) is 6.42. The van der Waals surface area contributed by atoms with E-state index in [0.717, 1.165) is 18.5 Å². The number of nitrogens with one attached hydrogen (secondary N) is 2. The maximum Gasteiger partial charge on any atom is 0.420 e. The molecule has 0 radical (unpaired) electrons. The van der Waals surface area contributed by atoms with E-state index in [9.17, 15) is 39.7 Å². The Kier molecular flexibility index (Phi) is 5.97. The molecule has 36 heavy (non-hydrogen) atoms. The first-order valence-electron chi connectivity index (χ1n) is 10.7. The molecule has 2 aliphatic carbocycles. The quantitative estimate of drug-likeness (QED) is 0.464.